The molecule has 0 radical (unpaired) electrons. The van der Waals surface area contributed by atoms with E-state index in [1.165, 1.54) is 26.4 Å². The van der Waals surface area contributed by atoms with E-state index in [9.17, 15) is 13.8 Å². The minimum atomic E-state index is -1.34. The van der Waals surface area contributed by atoms with Crippen LogP contribution in [-0.4, -0.2) is 35.6 Å². The van der Waals surface area contributed by atoms with Gasteiger partial charge in [0.2, 0.25) is 0 Å². The Morgan fingerprint density at radius 3 is 2.52 bits per heavy atom. The summed E-state index contributed by atoms with van der Waals surface area (Å²) in [5.41, 5.74) is 0.715. The van der Waals surface area contributed by atoms with Gasteiger partial charge in [-0.1, -0.05) is 18.2 Å². The van der Waals surface area contributed by atoms with Gasteiger partial charge in [-0.05, 0) is 31.2 Å². The molecule has 0 saturated heterocycles. The van der Waals surface area contributed by atoms with Crippen molar-refractivity contribution in [2.75, 3.05) is 18.7 Å². The van der Waals surface area contributed by atoms with Crippen molar-refractivity contribution in [3.05, 3.63) is 54.1 Å². The van der Waals surface area contributed by atoms with E-state index in [4.69, 9.17) is 9.47 Å². The van der Waals surface area contributed by atoms with Crippen LogP contribution in [0.1, 0.15) is 17.3 Å². The van der Waals surface area contributed by atoms with Crippen LogP contribution in [0.3, 0.4) is 0 Å². The number of amides is 1. The van der Waals surface area contributed by atoms with Crippen LogP contribution in [0.15, 0.2) is 53.4 Å². The smallest absolute Gasteiger partial charge is 0.340 e. The van der Waals surface area contributed by atoms with Gasteiger partial charge in [0, 0.05) is 18.0 Å². The zero-order valence-electron chi connectivity index (χ0n) is 14.1. The van der Waals surface area contributed by atoms with Crippen LogP contribution in [0.25, 0.3) is 0 Å². The first-order chi connectivity index (χ1) is 11.9. The fraction of sp³-hybridized carbons (Fsp3) is 0.222. The molecular weight excluding hydrogens is 342 g/mol. The number of methoxy groups -OCH3 is 1. The standard InChI is InChI=1S/C18H19NO5S/c1-12(17(20)19-13-7-6-8-14(11-13)23-2)24-18(21)15-9-4-5-10-16(15)25(3)22/h4-12H,1-3H3,(H,19,20)/t12-,25+/m1/s1. The van der Waals surface area contributed by atoms with Crippen LogP contribution in [0, 0.1) is 0 Å². The Kier molecular flexibility index (Phi) is 6.30. The highest BCUT2D eigenvalue weighted by molar-refractivity contribution is 7.84. The van der Waals surface area contributed by atoms with Gasteiger partial charge >= 0.3 is 5.97 Å². The van der Waals surface area contributed by atoms with Gasteiger partial charge in [-0.25, -0.2) is 4.79 Å². The fourth-order valence-corrected chi connectivity index (χ4v) is 2.84. The molecule has 1 N–H and O–H groups in total. The maximum Gasteiger partial charge on any atom is 0.340 e. The first kappa shape index (κ1) is 18.7. The summed E-state index contributed by atoms with van der Waals surface area (Å²) in [6.45, 7) is 1.47. The summed E-state index contributed by atoms with van der Waals surface area (Å²) in [7, 11) is 0.191. The quantitative estimate of drug-likeness (QED) is 0.800. The lowest BCUT2D eigenvalue weighted by Gasteiger charge is -2.15. The minimum Gasteiger partial charge on any atom is -0.497 e. The first-order valence-electron chi connectivity index (χ1n) is 7.50. The van der Waals surface area contributed by atoms with E-state index in [-0.39, 0.29) is 5.56 Å². The average Bonchev–Trinajstić information content (AvgIpc) is 2.61. The highest BCUT2D eigenvalue weighted by Crippen LogP contribution is 2.18. The van der Waals surface area contributed by atoms with Gasteiger partial charge in [-0.15, -0.1) is 0 Å². The van der Waals surface area contributed by atoms with Crippen molar-refractivity contribution in [2.24, 2.45) is 0 Å². The van der Waals surface area contributed by atoms with Crippen molar-refractivity contribution >= 4 is 28.4 Å². The maximum atomic E-state index is 12.3. The molecule has 0 bridgehead atoms. The van der Waals surface area contributed by atoms with Crippen molar-refractivity contribution in [3.63, 3.8) is 0 Å². The molecule has 0 saturated carbocycles. The monoisotopic (exact) mass is 361 g/mol. The molecule has 6 nitrogen and oxygen atoms in total. The van der Waals surface area contributed by atoms with E-state index >= 15 is 0 Å². The lowest BCUT2D eigenvalue weighted by atomic mass is 10.2. The molecule has 0 aliphatic carbocycles. The van der Waals surface area contributed by atoms with Gasteiger partial charge in [0.25, 0.3) is 5.91 Å². The number of hydrogen-bond acceptors (Lipinski definition) is 5. The summed E-state index contributed by atoms with van der Waals surface area (Å²) in [4.78, 5) is 24.9. The minimum absolute atomic E-state index is 0.185. The molecule has 0 fully saturated rings. The Labute approximate surface area is 148 Å². The van der Waals surface area contributed by atoms with Crippen molar-refractivity contribution in [3.8, 4) is 5.75 Å². The van der Waals surface area contributed by atoms with Crippen molar-refractivity contribution in [2.45, 2.75) is 17.9 Å². The van der Waals surface area contributed by atoms with Crippen LogP contribution in [0.5, 0.6) is 5.75 Å². The van der Waals surface area contributed by atoms with Crippen LogP contribution >= 0.6 is 0 Å². The molecule has 2 aromatic carbocycles. The molecule has 0 aliphatic heterocycles. The van der Waals surface area contributed by atoms with E-state index in [0.29, 0.717) is 16.3 Å². The molecule has 1 amide bonds. The van der Waals surface area contributed by atoms with Crippen LogP contribution < -0.4 is 10.1 Å². The van der Waals surface area contributed by atoms with Gasteiger partial charge in [0.15, 0.2) is 6.10 Å². The maximum absolute atomic E-state index is 12.3. The summed E-state index contributed by atoms with van der Waals surface area (Å²) in [5.74, 6) is -0.572. The number of rotatable bonds is 6. The Hall–Kier alpha value is -2.67. The number of carbonyl (C=O) groups excluding carboxylic acids is 2. The predicted octanol–water partition coefficient (Wildman–Crippen LogP) is 2.62. The van der Waals surface area contributed by atoms with Crippen LogP contribution in [0.4, 0.5) is 5.69 Å². The number of carbonyl (C=O) groups is 2. The molecule has 0 heterocycles. The molecule has 132 valence electrons. The lowest BCUT2D eigenvalue weighted by Crippen LogP contribution is -2.30. The number of anilines is 1. The van der Waals surface area contributed by atoms with Crippen LogP contribution in [-0.2, 0) is 20.3 Å². The first-order valence-corrected chi connectivity index (χ1v) is 9.06. The molecule has 25 heavy (non-hydrogen) atoms. The second kappa shape index (κ2) is 8.43. The molecule has 0 unspecified atom stereocenters. The van der Waals surface area contributed by atoms with E-state index in [1.807, 2.05) is 0 Å². The van der Waals surface area contributed by atoms with E-state index in [0.717, 1.165) is 0 Å². The Balaban J connectivity index is 2.06. The summed E-state index contributed by atoms with van der Waals surface area (Å²) in [6.07, 6.45) is 0.461. The van der Waals surface area contributed by atoms with Crippen LogP contribution in [0.2, 0.25) is 0 Å². The molecule has 2 rings (SSSR count). The third-order valence-corrected chi connectivity index (χ3v) is 4.38. The van der Waals surface area contributed by atoms with Crippen molar-refractivity contribution in [1.82, 2.24) is 0 Å². The van der Waals surface area contributed by atoms with E-state index in [1.54, 1.807) is 42.5 Å². The third-order valence-electron chi connectivity index (χ3n) is 3.41. The average molecular weight is 361 g/mol. The zero-order chi connectivity index (χ0) is 18.4. The molecule has 0 aromatic heterocycles. The zero-order valence-corrected chi connectivity index (χ0v) is 15.0. The summed E-state index contributed by atoms with van der Waals surface area (Å²) in [6, 6.07) is 13.3. The molecule has 7 heteroatoms. The highest BCUT2D eigenvalue weighted by atomic mass is 32.2. The molecule has 0 spiro atoms. The van der Waals surface area contributed by atoms with Crippen molar-refractivity contribution in [1.29, 1.82) is 0 Å². The number of esters is 1. The second-order valence-corrected chi connectivity index (χ2v) is 6.57. The third kappa shape index (κ3) is 4.90. The summed E-state index contributed by atoms with van der Waals surface area (Å²) in [5, 5.41) is 2.65. The molecule has 2 aromatic rings. The normalized spacial score (nSPS) is 12.8. The SMILES string of the molecule is COc1cccc(NC(=O)[C@@H](C)OC(=O)c2ccccc2[S@](C)=O)c1. The summed E-state index contributed by atoms with van der Waals surface area (Å²) < 4.78 is 22.0. The molecular formula is C18H19NO5S. The fourth-order valence-electron chi connectivity index (χ4n) is 2.11. The van der Waals surface area contributed by atoms with Gasteiger partial charge in [0.05, 0.1) is 28.4 Å². The van der Waals surface area contributed by atoms with Gasteiger partial charge in [-0.2, -0.15) is 0 Å². The van der Waals surface area contributed by atoms with Gasteiger partial charge in [0.1, 0.15) is 5.75 Å². The number of nitrogens with one attached hydrogen (secondary N) is 1. The van der Waals surface area contributed by atoms with E-state index in [2.05, 4.69) is 5.32 Å². The number of benzene rings is 2. The number of ether oxygens (including phenoxy) is 2. The number of hydrogen-bond donors (Lipinski definition) is 1. The molecule has 0 aliphatic rings. The van der Waals surface area contributed by atoms with E-state index < -0.39 is 28.8 Å². The Morgan fingerprint density at radius 2 is 1.84 bits per heavy atom. The lowest BCUT2D eigenvalue weighted by molar-refractivity contribution is -0.123. The molecule has 2 atom stereocenters. The largest absolute Gasteiger partial charge is 0.497 e. The Morgan fingerprint density at radius 1 is 1.12 bits per heavy atom. The Bertz CT molecular complexity index is 806. The topological polar surface area (TPSA) is 81.7 Å². The second-order valence-electron chi connectivity index (χ2n) is 5.22. The predicted molar refractivity (Wildman–Crippen MR) is 95.3 cm³/mol. The highest BCUT2D eigenvalue weighted by Gasteiger charge is 2.21. The van der Waals surface area contributed by atoms with Crippen molar-refractivity contribution < 1.29 is 23.3 Å². The van der Waals surface area contributed by atoms with Gasteiger partial charge < -0.3 is 14.8 Å². The summed E-state index contributed by atoms with van der Waals surface area (Å²) >= 11 is 0. The van der Waals surface area contributed by atoms with Gasteiger partial charge in [-0.3, -0.25) is 9.00 Å².